The Morgan fingerprint density at radius 1 is 1.16 bits per heavy atom. The van der Waals surface area contributed by atoms with Crippen LogP contribution >= 0.6 is 0 Å². The highest BCUT2D eigenvalue weighted by Gasteiger charge is 2.16. The van der Waals surface area contributed by atoms with Gasteiger partial charge in [-0.1, -0.05) is 18.1 Å². The summed E-state index contributed by atoms with van der Waals surface area (Å²) in [6, 6.07) is 13.5. The molecular formula is C26H33N5. The van der Waals surface area contributed by atoms with Crippen molar-refractivity contribution >= 4 is 16.6 Å². The molecule has 0 aliphatic carbocycles. The van der Waals surface area contributed by atoms with Gasteiger partial charge in [-0.2, -0.15) is 0 Å². The first-order valence-electron chi connectivity index (χ1n) is 11.3. The number of benzene rings is 1. The molecule has 0 bridgehead atoms. The molecule has 1 saturated heterocycles. The van der Waals surface area contributed by atoms with Gasteiger partial charge >= 0.3 is 0 Å². The van der Waals surface area contributed by atoms with E-state index in [2.05, 4.69) is 75.2 Å². The monoisotopic (exact) mass is 415 g/mol. The minimum atomic E-state index is 0.598. The fourth-order valence-electron chi connectivity index (χ4n) is 4.26. The van der Waals surface area contributed by atoms with Crippen LogP contribution in [-0.4, -0.2) is 47.2 Å². The van der Waals surface area contributed by atoms with E-state index in [9.17, 15) is 0 Å². The number of fused-ring (bicyclic) bond motifs is 1. The summed E-state index contributed by atoms with van der Waals surface area (Å²) in [5.74, 6) is 6.65. The van der Waals surface area contributed by atoms with Gasteiger partial charge in [0.15, 0.2) is 0 Å². The fraction of sp³-hybridized carbons (Fsp3) is 0.423. The third-order valence-electron chi connectivity index (χ3n) is 6.16. The zero-order valence-corrected chi connectivity index (χ0v) is 18.9. The van der Waals surface area contributed by atoms with Crippen molar-refractivity contribution in [3.05, 3.63) is 59.5 Å². The minimum absolute atomic E-state index is 0.598. The lowest BCUT2D eigenvalue weighted by atomic mass is 10.0. The number of aromatic nitrogens is 2. The highest BCUT2D eigenvalue weighted by Crippen LogP contribution is 2.24. The Labute approximate surface area is 185 Å². The smallest absolute Gasteiger partial charge is 0.0931 e. The molecule has 0 saturated carbocycles. The lowest BCUT2D eigenvalue weighted by Gasteiger charge is -2.29. The topological polar surface area (TPSA) is 45.1 Å². The highest BCUT2D eigenvalue weighted by atomic mass is 15.1. The molecule has 5 nitrogen and oxygen atoms in total. The van der Waals surface area contributed by atoms with E-state index in [1.807, 2.05) is 25.3 Å². The van der Waals surface area contributed by atoms with Crippen LogP contribution in [0.25, 0.3) is 10.9 Å². The molecule has 0 atom stereocenters. The molecule has 0 unspecified atom stereocenters. The number of nitrogens with zero attached hydrogens (tertiary/aromatic N) is 3. The van der Waals surface area contributed by atoms with Crippen molar-refractivity contribution < 1.29 is 0 Å². The van der Waals surface area contributed by atoms with Crippen molar-refractivity contribution in [1.82, 2.24) is 19.8 Å². The molecule has 0 amide bonds. The van der Waals surface area contributed by atoms with E-state index in [-0.39, 0.29) is 0 Å². The number of pyridine rings is 1. The second-order valence-electron chi connectivity index (χ2n) is 8.43. The van der Waals surface area contributed by atoms with Crippen molar-refractivity contribution in [2.45, 2.75) is 45.8 Å². The Hall–Kier alpha value is -2.81. The summed E-state index contributed by atoms with van der Waals surface area (Å²) >= 11 is 0. The van der Waals surface area contributed by atoms with Crippen molar-refractivity contribution in [3.63, 3.8) is 0 Å². The summed E-state index contributed by atoms with van der Waals surface area (Å²) < 4.78 is 2.31. The summed E-state index contributed by atoms with van der Waals surface area (Å²) in [6.07, 6.45) is 4.30. The van der Waals surface area contributed by atoms with Gasteiger partial charge in [0.25, 0.3) is 0 Å². The number of hydrogen-bond donors (Lipinski definition) is 2. The van der Waals surface area contributed by atoms with E-state index in [0.717, 1.165) is 30.2 Å². The van der Waals surface area contributed by atoms with Crippen LogP contribution in [0.1, 0.15) is 36.7 Å². The average molecular weight is 416 g/mol. The zero-order valence-electron chi connectivity index (χ0n) is 18.9. The first kappa shape index (κ1) is 21.4. The molecule has 2 aromatic heterocycles. The van der Waals surface area contributed by atoms with E-state index in [4.69, 9.17) is 0 Å². The maximum atomic E-state index is 4.31. The Bertz CT molecular complexity index is 1060. The van der Waals surface area contributed by atoms with Crippen molar-refractivity contribution in [2.75, 3.05) is 32.0 Å². The maximum absolute atomic E-state index is 4.31. The molecular weight excluding hydrogens is 382 g/mol. The largest absolute Gasteiger partial charge is 0.373 e. The van der Waals surface area contributed by atoms with E-state index in [1.165, 1.54) is 42.4 Å². The predicted octanol–water partition coefficient (Wildman–Crippen LogP) is 4.01. The number of hydrogen-bond acceptors (Lipinski definition) is 4. The fourth-order valence-corrected chi connectivity index (χ4v) is 4.26. The van der Waals surface area contributed by atoms with Crippen LogP contribution in [-0.2, 0) is 13.1 Å². The van der Waals surface area contributed by atoms with Gasteiger partial charge in [0, 0.05) is 35.7 Å². The van der Waals surface area contributed by atoms with Gasteiger partial charge < -0.3 is 20.1 Å². The normalized spacial score (nSPS) is 15.1. The molecule has 3 heterocycles. The molecule has 1 aliphatic heterocycles. The molecule has 0 radical (unpaired) electrons. The quantitative estimate of drug-likeness (QED) is 0.597. The van der Waals surface area contributed by atoms with Crippen LogP contribution in [0.3, 0.4) is 0 Å². The number of likely N-dealkylation sites (tertiary alicyclic amines) is 1. The van der Waals surface area contributed by atoms with Gasteiger partial charge in [-0.15, -0.1) is 0 Å². The maximum Gasteiger partial charge on any atom is 0.0931 e. The molecule has 1 aliphatic rings. The van der Waals surface area contributed by atoms with E-state index < -0.39 is 0 Å². The molecule has 0 spiro atoms. The number of aryl methyl sites for hydroxylation is 2. The molecule has 31 heavy (non-hydrogen) atoms. The van der Waals surface area contributed by atoms with Gasteiger partial charge in [-0.3, -0.25) is 4.98 Å². The average Bonchev–Trinajstić information content (AvgIpc) is 3.15. The van der Waals surface area contributed by atoms with Gasteiger partial charge in [-0.05, 0) is 82.6 Å². The molecule has 5 heteroatoms. The first-order chi connectivity index (χ1) is 15.1. The van der Waals surface area contributed by atoms with Crippen molar-refractivity contribution in [1.29, 1.82) is 0 Å². The number of rotatable bonds is 6. The number of anilines is 1. The molecule has 1 fully saturated rings. The third kappa shape index (κ3) is 5.28. The molecule has 162 valence electrons. The Kier molecular flexibility index (Phi) is 6.91. The van der Waals surface area contributed by atoms with Crippen LogP contribution in [0.4, 0.5) is 5.69 Å². The summed E-state index contributed by atoms with van der Waals surface area (Å²) in [7, 11) is 2.21. The van der Waals surface area contributed by atoms with E-state index in [0.29, 0.717) is 12.6 Å². The van der Waals surface area contributed by atoms with E-state index >= 15 is 0 Å². The first-order valence-corrected chi connectivity index (χ1v) is 11.3. The molecule has 2 N–H and O–H groups in total. The lowest BCUT2D eigenvalue weighted by Crippen LogP contribution is -2.40. The van der Waals surface area contributed by atoms with Gasteiger partial charge in [0.2, 0.25) is 0 Å². The standard InChI is InChI=1S/C26H33N5/c1-4-31-24(8-6-14-27-23-11-10-20(2)28-19-23)17-25-21(7-5-9-26(25)31)18-29-22-12-15-30(3)16-13-22/h5,7,9-11,17,19,22,27,29H,4,12-16,18H2,1-3H3. The van der Waals surface area contributed by atoms with Crippen LogP contribution in [0.2, 0.25) is 0 Å². The number of piperidine rings is 1. The Balaban J connectivity index is 1.46. The Morgan fingerprint density at radius 2 is 2.00 bits per heavy atom. The number of nitrogens with one attached hydrogen (secondary N) is 2. The van der Waals surface area contributed by atoms with Gasteiger partial charge in [0.1, 0.15) is 0 Å². The van der Waals surface area contributed by atoms with Crippen LogP contribution in [0.15, 0.2) is 42.6 Å². The predicted molar refractivity (Wildman–Crippen MR) is 129 cm³/mol. The van der Waals surface area contributed by atoms with Crippen LogP contribution in [0.5, 0.6) is 0 Å². The third-order valence-corrected chi connectivity index (χ3v) is 6.16. The lowest BCUT2D eigenvalue weighted by molar-refractivity contribution is 0.234. The summed E-state index contributed by atoms with van der Waals surface area (Å²) in [6.45, 7) is 8.96. The van der Waals surface area contributed by atoms with Gasteiger partial charge in [-0.25, -0.2) is 0 Å². The molecule has 4 rings (SSSR count). The summed E-state index contributed by atoms with van der Waals surface area (Å²) in [5, 5.41) is 8.42. The highest BCUT2D eigenvalue weighted by molar-refractivity contribution is 5.85. The van der Waals surface area contributed by atoms with E-state index in [1.54, 1.807) is 0 Å². The van der Waals surface area contributed by atoms with Crippen LogP contribution < -0.4 is 10.6 Å². The van der Waals surface area contributed by atoms with Crippen molar-refractivity contribution in [3.8, 4) is 11.8 Å². The van der Waals surface area contributed by atoms with Crippen molar-refractivity contribution in [2.24, 2.45) is 0 Å². The zero-order chi connectivity index (χ0) is 21.6. The summed E-state index contributed by atoms with van der Waals surface area (Å²) in [4.78, 5) is 6.73. The minimum Gasteiger partial charge on any atom is -0.373 e. The van der Waals surface area contributed by atoms with Gasteiger partial charge in [0.05, 0.1) is 24.1 Å². The Morgan fingerprint density at radius 3 is 2.74 bits per heavy atom. The summed E-state index contributed by atoms with van der Waals surface area (Å²) in [5.41, 5.74) is 5.72. The SMILES string of the molecule is CCn1c(C#CCNc2ccc(C)nc2)cc2c(CNC3CCN(C)CC3)cccc21. The second-order valence-corrected chi connectivity index (χ2v) is 8.43. The molecule has 3 aromatic rings. The second kappa shape index (κ2) is 10.00. The molecule has 1 aromatic carbocycles. The van der Waals surface area contributed by atoms with Crippen LogP contribution in [0, 0.1) is 18.8 Å².